The molecule has 6 heteroatoms. The van der Waals surface area contributed by atoms with Gasteiger partial charge in [-0.25, -0.2) is 0 Å². The van der Waals surface area contributed by atoms with Gasteiger partial charge in [0.1, 0.15) is 0 Å². The second-order valence-corrected chi connectivity index (χ2v) is 6.56. The Bertz CT molecular complexity index is 706. The quantitative estimate of drug-likeness (QED) is 0.746. The summed E-state index contributed by atoms with van der Waals surface area (Å²) >= 11 is 17.9. The van der Waals surface area contributed by atoms with Crippen molar-refractivity contribution in [1.82, 2.24) is 5.32 Å². The summed E-state index contributed by atoms with van der Waals surface area (Å²) in [5.74, 6) is -0.178. The highest BCUT2D eigenvalue weighted by Crippen LogP contribution is 2.25. The summed E-state index contributed by atoms with van der Waals surface area (Å²) in [5, 5.41) is 7.62. The van der Waals surface area contributed by atoms with Gasteiger partial charge in [0.2, 0.25) is 5.91 Å². The highest BCUT2D eigenvalue weighted by Gasteiger charge is 2.17. The molecule has 1 amide bonds. The van der Waals surface area contributed by atoms with Crippen molar-refractivity contribution in [3.8, 4) is 0 Å². The van der Waals surface area contributed by atoms with Crippen LogP contribution in [0.2, 0.25) is 15.1 Å². The van der Waals surface area contributed by atoms with E-state index >= 15 is 0 Å². The Kier molecular flexibility index (Phi) is 6.31. The molecule has 2 aromatic carbocycles. The van der Waals surface area contributed by atoms with E-state index < -0.39 is 6.04 Å². The van der Waals surface area contributed by atoms with E-state index in [0.29, 0.717) is 20.8 Å². The monoisotopic (exact) mass is 370 g/mol. The average Bonchev–Trinajstić information content (AvgIpc) is 2.49. The molecule has 2 atom stereocenters. The standard InChI is InChI=1S/C17H17Cl3N2O/c1-10(12-4-3-5-13(18)8-12)21-11(2)17(23)22-16-7-6-14(19)9-15(16)20/h3-11,21H,1-2H3,(H,22,23)/t10-,11-/m0/s1. The molecule has 122 valence electrons. The van der Waals surface area contributed by atoms with Gasteiger partial charge in [-0.05, 0) is 49.7 Å². The van der Waals surface area contributed by atoms with Gasteiger partial charge in [0.05, 0.1) is 16.8 Å². The minimum atomic E-state index is -0.407. The van der Waals surface area contributed by atoms with Crippen LogP contribution in [0.4, 0.5) is 5.69 Å². The van der Waals surface area contributed by atoms with Gasteiger partial charge in [-0.3, -0.25) is 10.1 Å². The molecule has 0 heterocycles. The van der Waals surface area contributed by atoms with E-state index in [9.17, 15) is 4.79 Å². The van der Waals surface area contributed by atoms with Crippen molar-refractivity contribution in [2.75, 3.05) is 5.32 Å². The summed E-state index contributed by atoms with van der Waals surface area (Å²) in [6.07, 6.45) is 0. The van der Waals surface area contributed by atoms with Crippen LogP contribution in [0, 0.1) is 0 Å². The van der Waals surface area contributed by atoms with Crippen molar-refractivity contribution >= 4 is 46.4 Å². The van der Waals surface area contributed by atoms with Crippen molar-refractivity contribution < 1.29 is 4.79 Å². The van der Waals surface area contributed by atoms with Crippen LogP contribution in [0.25, 0.3) is 0 Å². The number of halogens is 3. The molecular weight excluding hydrogens is 355 g/mol. The number of rotatable bonds is 5. The lowest BCUT2D eigenvalue weighted by atomic mass is 10.1. The van der Waals surface area contributed by atoms with Gasteiger partial charge in [-0.2, -0.15) is 0 Å². The second-order valence-electron chi connectivity index (χ2n) is 5.28. The lowest BCUT2D eigenvalue weighted by Gasteiger charge is -2.20. The fourth-order valence-corrected chi connectivity index (χ4v) is 2.81. The minimum absolute atomic E-state index is 0.0184. The van der Waals surface area contributed by atoms with Crippen molar-refractivity contribution in [2.45, 2.75) is 25.9 Å². The Morgan fingerprint density at radius 2 is 1.70 bits per heavy atom. The minimum Gasteiger partial charge on any atom is -0.323 e. The number of anilines is 1. The number of hydrogen-bond acceptors (Lipinski definition) is 2. The number of carbonyl (C=O) groups excluding carboxylic acids is 1. The van der Waals surface area contributed by atoms with Gasteiger partial charge in [-0.1, -0.05) is 46.9 Å². The Balaban J connectivity index is 1.99. The molecule has 2 rings (SSSR count). The Labute approximate surface area is 150 Å². The van der Waals surface area contributed by atoms with E-state index in [1.165, 1.54) is 0 Å². The van der Waals surface area contributed by atoms with Crippen LogP contribution in [0.3, 0.4) is 0 Å². The van der Waals surface area contributed by atoms with Crippen LogP contribution < -0.4 is 10.6 Å². The van der Waals surface area contributed by atoms with E-state index in [-0.39, 0.29) is 11.9 Å². The fraction of sp³-hybridized carbons (Fsp3) is 0.235. The molecule has 2 aromatic rings. The molecule has 23 heavy (non-hydrogen) atoms. The van der Waals surface area contributed by atoms with Crippen LogP contribution in [0.1, 0.15) is 25.5 Å². The maximum absolute atomic E-state index is 12.3. The number of carbonyl (C=O) groups is 1. The van der Waals surface area contributed by atoms with Crippen LogP contribution >= 0.6 is 34.8 Å². The Morgan fingerprint density at radius 3 is 2.35 bits per heavy atom. The van der Waals surface area contributed by atoms with Gasteiger partial charge in [-0.15, -0.1) is 0 Å². The molecule has 0 saturated carbocycles. The molecule has 0 aliphatic rings. The van der Waals surface area contributed by atoms with E-state index in [2.05, 4.69) is 10.6 Å². The first-order valence-corrected chi connectivity index (χ1v) is 8.27. The van der Waals surface area contributed by atoms with Crippen molar-refractivity contribution in [2.24, 2.45) is 0 Å². The maximum atomic E-state index is 12.3. The van der Waals surface area contributed by atoms with Gasteiger partial charge < -0.3 is 5.32 Å². The predicted octanol–water partition coefficient (Wildman–Crippen LogP) is 5.32. The third-order valence-electron chi connectivity index (χ3n) is 3.43. The third-order valence-corrected chi connectivity index (χ3v) is 4.21. The molecule has 2 N–H and O–H groups in total. The van der Waals surface area contributed by atoms with Crippen LogP contribution in [-0.2, 0) is 4.79 Å². The molecule has 0 fully saturated rings. The zero-order valence-corrected chi connectivity index (χ0v) is 15.0. The van der Waals surface area contributed by atoms with Gasteiger partial charge in [0.25, 0.3) is 0 Å². The topological polar surface area (TPSA) is 41.1 Å². The van der Waals surface area contributed by atoms with Gasteiger partial charge in [0.15, 0.2) is 0 Å². The molecule has 0 spiro atoms. The van der Waals surface area contributed by atoms with Gasteiger partial charge in [0, 0.05) is 16.1 Å². The normalized spacial score (nSPS) is 13.4. The first kappa shape index (κ1) is 18.1. The highest BCUT2D eigenvalue weighted by molar-refractivity contribution is 6.36. The fourth-order valence-electron chi connectivity index (χ4n) is 2.15. The number of amides is 1. The maximum Gasteiger partial charge on any atom is 0.241 e. The molecule has 0 unspecified atom stereocenters. The van der Waals surface area contributed by atoms with E-state index in [1.54, 1.807) is 25.1 Å². The summed E-state index contributed by atoms with van der Waals surface area (Å²) in [5.41, 5.74) is 1.55. The number of nitrogens with one attached hydrogen (secondary N) is 2. The lowest BCUT2D eigenvalue weighted by Crippen LogP contribution is -2.39. The predicted molar refractivity (Wildman–Crippen MR) is 97.6 cm³/mol. The summed E-state index contributed by atoms with van der Waals surface area (Å²) < 4.78 is 0. The summed E-state index contributed by atoms with van der Waals surface area (Å²) in [4.78, 5) is 12.3. The van der Waals surface area contributed by atoms with Crippen LogP contribution in [-0.4, -0.2) is 11.9 Å². The van der Waals surface area contributed by atoms with Gasteiger partial charge >= 0.3 is 0 Å². The molecule has 3 nitrogen and oxygen atoms in total. The summed E-state index contributed by atoms with van der Waals surface area (Å²) in [6, 6.07) is 12.1. The van der Waals surface area contributed by atoms with Crippen molar-refractivity contribution in [3.05, 3.63) is 63.1 Å². The first-order valence-electron chi connectivity index (χ1n) is 7.14. The van der Waals surface area contributed by atoms with Crippen molar-refractivity contribution in [1.29, 1.82) is 0 Å². The molecule has 0 aromatic heterocycles. The van der Waals surface area contributed by atoms with E-state index in [1.807, 2.05) is 31.2 Å². The third kappa shape index (κ3) is 5.11. The SMILES string of the molecule is C[C@H](N[C@@H](C)c1cccc(Cl)c1)C(=O)Nc1ccc(Cl)cc1Cl. The summed E-state index contributed by atoms with van der Waals surface area (Å²) in [7, 11) is 0. The molecule has 0 radical (unpaired) electrons. The molecule has 0 saturated heterocycles. The molecule has 0 aliphatic carbocycles. The molecule has 0 aliphatic heterocycles. The second kappa shape index (κ2) is 8.02. The first-order chi connectivity index (χ1) is 10.9. The largest absolute Gasteiger partial charge is 0.323 e. The highest BCUT2D eigenvalue weighted by atomic mass is 35.5. The number of benzene rings is 2. The zero-order chi connectivity index (χ0) is 17.0. The molecule has 0 bridgehead atoms. The Hall–Kier alpha value is -1.26. The Morgan fingerprint density at radius 1 is 1.00 bits per heavy atom. The zero-order valence-electron chi connectivity index (χ0n) is 12.7. The number of hydrogen-bond donors (Lipinski definition) is 2. The average molecular weight is 372 g/mol. The van der Waals surface area contributed by atoms with Crippen LogP contribution in [0.5, 0.6) is 0 Å². The summed E-state index contributed by atoms with van der Waals surface area (Å²) in [6.45, 7) is 3.77. The smallest absolute Gasteiger partial charge is 0.241 e. The van der Waals surface area contributed by atoms with E-state index in [0.717, 1.165) is 5.56 Å². The molecular formula is C17H17Cl3N2O. The van der Waals surface area contributed by atoms with Crippen LogP contribution in [0.15, 0.2) is 42.5 Å². The lowest BCUT2D eigenvalue weighted by molar-refractivity contribution is -0.117. The van der Waals surface area contributed by atoms with E-state index in [4.69, 9.17) is 34.8 Å². The van der Waals surface area contributed by atoms with Crippen molar-refractivity contribution in [3.63, 3.8) is 0 Å².